The van der Waals surface area contributed by atoms with Crippen molar-refractivity contribution in [3.63, 3.8) is 0 Å². The number of carbonyl (C=O) groups is 2. The highest BCUT2D eigenvalue weighted by Gasteiger charge is 2.20. The molecule has 0 saturated carbocycles. The number of quaternary nitrogens is 1. The molecule has 0 fully saturated rings. The molecule has 54 heavy (non-hydrogen) atoms. The second-order valence-corrected chi connectivity index (χ2v) is 17.0. The fourth-order valence-electron chi connectivity index (χ4n) is 5.74. The minimum Gasteiger partial charge on any atom is -0.756 e. The Kier molecular flexibility index (Phi) is 35.2. The molecule has 0 N–H and O–H groups in total. The maximum absolute atomic E-state index is 12.5. The fourth-order valence-corrected chi connectivity index (χ4v) is 6.47. The molecule has 0 rings (SSSR count). The number of esters is 2. The summed E-state index contributed by atoms with van der Waals surface area (Å²) in [6, 6.07) is 0. The largest absolute Gasteiger partial charge is 0.756 e. The van der Waals surface area contributed by atoms with E-state index in [1.54, 1.807) is 18.2 Å². The summed E-state index contributed by atoms with van der Waals surface area (Å²) in [5, 5.41) is 0. The Bertz CT molecular complexity index is 1050. The quantitative estimate of drug-likeness (QED) is 0.0115. The first-order valence-corrected chi connectivity index (χ1v) is 22.8. The SMILES string of the molecule is C=CCCCCCCCCCCCCC/C=C/C(=O)OC[C@@H](COP(=O)([O-])OCC[N+](C)(C)C)OC(=O)/C=C/C=C/CCCCCCCCCCCCC. The van der Waals surface area contributed by atoms with Gasteiger partial charge in [0.15, 0.2) is 6.10 Å². The predicted molar refractivity (Wildman–Crippen MR) is 222 cm³/mol. The van der Waals surface area contributed by atoms with Gasteiger partial charge in [-0.1, -0.05) is 159 Å². The van der Waals surface area contributed by atoms with Crippen LogP contribution < -0.4 is 4.89 Å². The van der Waals surface area contributed by atoms with E-state index < -0.39 is 32.5 Å². The molecule has 0 heterocycles. The summed E-state index contributed by atoms with van der Waals surface area (Å²) < 4.78 is 33.5. The predicted octanol–water partition coefficient (Wildman–Crippen LogP) is 11.3. The number of hydrogen-bond donors (Lipinski definition) is 0. The van der Waals surface area contributed by atoms with Crippen molar-refractivity contribution >= 4 is 19.8 Å². The molecule has 0 aromatic carbocycles. The zero-order valence-corrected chi connectivity index (χ0v) is 35.9. The van der Waals surface area contributed by atoms with Gasteiger partial charge in [-0.3, -0.25) is 4.57 Å². The average Bonchev–Trinajstić information content (AvgIpc) is 3.12. The third-order valence-electron chi connectivity index (χ3n) is 9.11. The number of carbonyl (C=O) groups excluding carboxylic acids is 2. The van der Waals surface area contributed by atoms with Gasteiger partial charge >= 0.3 is 11.9 Å². The van der Waals surface area contributed by atoms with Gasteiger partial charge in [0.1, 0.15) is 19.8 Å². The molecule has 0 aromatic heterocycles. The third kappa shape index (κ3) is 39.7. The van der Waals surface area contributed by atoms with Crippen LogP contribution in [0, 0.1) is 0 Å². The molecule has 0 aliphatic rings. The highest BCUT2D eigenvalue weighted by Crippen LogP contribution is 2.38. The van der Waals surface area contributed by atoms with Crippen LogP contribution in [0.1, 0.15) is 167 Å². The van der Waals surface area contributed by atoms with Crippen molar-refractivity contribution < 1.29 is 42.1 Å². The van der Waals surface area contributed by atoms with Crippen LogP contribution in [0.4, 0.5) is 0 Å². The van der Waals surface area contributed by atoms with Crippen molar-refractivity contribution in [1.82, 2.24) is 0 Å². The average molecular weight is 782 g/mol. The first-order valence-electron chi connectivity index (χ1n) is 21.4. The summed E-state index contributed by atoms with van der Waals surface area (Å²) in [4.78, 5) is 37.2. The summed E-state index contributed by atoms with van der Waals surface area (Å²) in [6.07, 6.45) is 41.4. The number of phosphoric acid groups is 1. The van der Waals surface area contributed by atoms with Gasteiger partial charge in [0, 0.05) is 12.2 Å². The van der Waals surface area contributed by atoms with Crippen molar-refractivity contribution in [2.45, 2.75) is 174 Å². The highest BCUT2D eigenvalue weighted by atomic mass is 31.2. The van der Waals surface area contributed by atoms with Gasteiger partial charge in [-0.2, -0.15) is 0 Å². The molecule has 314 valence electrons. The Morgan fingerprint density at radius 1 is 0.630 bits per heavy atom. The molecule has 10 heteroatoms. The molecule has 0 aliphatic heterocycles. The van der Waals surface area contributed by atoms with Crippen LogP contribution in [0.25, 0.3) is 0 Å². The molecule has 0 aliphatic carbocycles. The molecule has 0 amide bonds. The van der Waals surface area contributed by atoms with Crippen molar-refractivity contribution in [3.05, 3.63) is 49.1 Å². The first kappa shape index (κ1) is 52.0. The van der Waals surface area contributed by atoms with Gasteiger partial charge in [0.25, 0.3) is 7.82 Å². The van der Waals surface area contributed by atoms with Crippen LogP contribution in [-0.2, 0) is 32.7 Å². The van der Waals surface area contributed by atoms with E-state index in [4.69, 9.17) is 18.5 Å². The van der Waals surface area contributed by atoms with Gasteiger partial charge in [-0.25, -0.2) is 9.59 Å². The molecular weight excluding hydrogens is 701 g/mol. The summed E-state index contributed by atoms with van der Waals surface area (Å²) >= 11 is 0. The summed E-state index contributed by atoms with van der Waals surface area (Å²) in [6.45, 7) is 5.52. The van der Waals surface area contributed by atoms with Crippen molar-refractivity contribution in [2.75, 3.05) is 47.5 Å². The topological polar surface area (TPSA) is 111 Å². The molecule has 2 atom stereocenters. The molecular formula is C44H80NO8P. The summed E-state index contributed by atoms with van der Waals surface area (Å²) in [5.41, 5.74) is 0. The molecule has 9 nitrogen and oxygen atoms in total. The van der Waals surface area contributed by atoms with Gasteiger partial charge in [0.05, 0.1) is 27.7 Å². The lowest BCUT2D eigenvalue weighted by Gasteiger charge is -2.28. The number of allylic oxidation sites excluding steroid dienone is 5. The monoisotopic (exact) mass is 782 g/mol. The molecule has 0 aromatic rings. The lowest BCUT2D eigenvalue weighted by Crippen LogP contribution is -2.37. The van der Waals surface area contributed by atoms with Gasteiger partial charge in [-0.15, -0.1) is 6.58 Å². The van der Waals surface area contributed by atoms with Crippen LogP contribution in [0.3, 0.4) is 0 Å². The Morgan fingerprint density at radius 2 is 1.11 bits per heavy atom. The number of likely N-dealkylation sites (N-methyl/N-ethyl adjacent to an activating group) is 1. The third-order valence-corrected chi connectivity index (χ3v) is 10.1. The van der Waals surface area contributed by atoms with Gasteiger partial charge < -0.3 is 27.9 Å². The van der Waals surface area contributed by atoms with Crippen molar-refractivity contribution in [3.8, 4) is 0 Å². The summed E-state index contributed by atoms with van der Waals surface area (Å²) in [5.74, 6) is -1.29. The zero-order valence-electron chi connectivity index (χ0n) is 35.0. The lowest BCUT2D eigenvalue weighted by molar-refractivity contribution is -0.870. The number of rotatable bonds is 39. The summed E-state index contributed by atoms with van der Waals surface area (Å²) in [7, 11) is 1.08. The highest BCUT2D eigenvalue weighted by molar-refractivity contribution is 7.45. The van der Waals surface area contributed by atoms with Crippen LogP contribution in [-0.4, -0.2) is 70.0 Å². The number of nitrogens with zero attached hydrogens (tertiary/aromatic N) is 1. The smallest absolute Gasteiger partial charge is 0.331 e. The Labute approximate surface area is 331 Å². The molecule has 0 spiro atoms. The second-order valence-electron chi connectivity index (χ2n) is 15.5. The lowest BCUT2D eigenvalue weighted by atomic mass is 10.0. The molecule has 0 bridgehead atoms. The molecule has 0 saturated heterocycles. The number of unbranched alkanes of at least 4 members (excludes halogenated alkanes) is 23. The van der Waals surface area contributed by atoms with Crippen LogP contribution in [0.15, 0.2) is 49.1 Å². The van der Waals surface area contributed by atoms with E-state index in [9.17, 15) is 19.0 Å². The van der Waals surface area contributed by atoms with Gasteiger partial charge in [-0.05, 0) is 38.5 Å². The van der Waals surface area contributed by atoms with Crippen LogP contribution in [0.2, 0.25) is 0 Å². The number of phosphoric ester groups is 1. The van der Waals surface area contributed by atoms with E-state index in [0.29, 0.717) is 11.0 Å². The fraction of sp³-hybridized carbons (Fsp3) is 0.773. The van der Waals surface area contributed by atoms with Crippen LogP contribution in [0.5, 0.6) is 0 Å². The normalized spacial score (nSPS) is 13.9. The molecule has 1 unspecified atom stereocenters. The number of ether oxygens (including phenoxy) is 2. The van der Waals surface area contributed by atoms with Crippen molar-refractivity contribution in [2.24, 2.45) is 0 Å². The van der Waals surface area contributed by atoms with E-state index in [1.807, 2.05) is 33.3 Å². The van der Waals surface area contributed by atoms with E-state index in [0.717, 1.165) is 38.5 Å². The zero-order chi connectivity index (χ0) is 40.0. The Hall–Kier alpha value is -2.03. The van der Waals surface area contributed by atoms with E-state index in [1.165, 1.54) is 134 Å². The van der Waals surface area contributed by atoms with Gasteiger partial charge in [0.2, 0.25) is 0 Å². The van der Waals surface area contributed by atoms with E-state index in [-0.39, 0.29) is 13.2 Å². The van der Waals surface area contributed by atoms with Crippen LogP contribution >= 0.6 is 7.82 Å². The Morgan fingerprint density at radius 3 is 1.61 bits per heavy atom. The van der Waals surface area contributed by atoms with E-state index >= 15 is 0 Å². The number of hydrogen-bond acceptors (Lipinski definition) is 8. The van der Waals surface area contributed by atoms with Crippen molar-refractivity contribution in [1.29, 1.82) is 0 Å². The minimum absolute atomic E-state index is 0.0558. The maximum atomic E-state index is 12.5. The Balaban J connectivity index is 4.52. The molecule has 0 radical (unpaired) electrons. The standard InChI is InChI=1S/C44H80NO8P/c1-6-8-10-12-14-16-18-20-22-24-26-28-30-32-34-36-43(46)50-40-42(41-52-54(48,49)51-39-38-45(3,4)5)53-44(47)37-35-33-31-29-27-25-23-21-19-17-15-13-11-9-7-2/h6,31,33-37,42H,1,7-30,32,38-41H2,2-5H3/b33-31+,36-34+,37-35+/t42-/m0/s1. The second kappa shape index (κ2) is 36.6. The maximum Gasteiger partial charge on any atom is 0.331 e. The van der Waals surface area contributed by atoms with E-state index in [2.05, 4.69) is 13.5 Å². The first-order chi connectivity index (χ1) is 26.0. The minimum atomic E-state index is -4.66.